The van der Waals surface area contributed by atoms with E-state index in [0.717, 1.165) is 0 Å². The highest BCUT2D eigenvalue weighted by Crippen LogP contribution is 2.46. The van der Waals surface area contributed by atoms with Gasteiger partial charge in [-0.05, 0) is 6.54 Å². The molecule has 13 heavy (non-hydrogen) atoms. The van der Waals surface area contributed by atoms with E-state index in [1.807, 2.05) is 0 Å². The maximum atomic E-state index is 12.4. The highest BCUT2D eigenvalue weighted by atomic mass is 19.3. The van der Waals surface area contributed by atoms with Crippen molar-refractivity contribution in [2.24, 2.45) is 5.73 Å². The van der Waals surface area contributed by atoms with Crippen LogP contribution in [0.15, 0.2) is 0 Å². The topological polar surface area (TPSA) is 26.0 Å². The first-order chi connectivity index (χ1) is 5.56. The van der Waals surface area contributed by atoms with E-state index in [2.05, 4.69) is 5.73 Å². The fraction of sp³-hybridized carbons (Fsp3) is 1.00. The molecule has 0 rings (SSSR count). The molecule has 0 fully saturated rings. The zero-order chi connectivity index (χ0) is 10.9. The Morgan fingerprint density at radius 2 is 1.38 bits per heavy atom. The lowest BCUT2D eigenvalue weighted by Crippen LogP contribution is -2.53. The van der Waals surface area contributed by atoms with Crippen LogP contribution in [0.25, 0.3) is 0 Å². The van der Waals surface area contributed by atoms with Gasteiger partial charge in [-0.25, -0.2) is 0 Å². The summed E-state index contributed by atoms with van der Waals surface area (Å²) in [6.45, 7) is -1.03. The molecule has 0 aliphatic rings. The molecule has 0 aliphatic carbocycles. The standard InChI is InChI=1S/C6H9F6N/c1-4(7,8)6(11,12)5(9,10)2-3-13/h2-3,13H2,1H3. The molecule has 80 valence electrons. The second-order valence-corrected chi connectivity index (χ2v) is 2.71. The van der Waals surface area contributed by atoms with Crippen molar-refractivity contribution in [3.63, 3.8) is 0 Å². The van der Waals surface area contributed by atoms with Crippen LogP contribution in [-0.4, -0.2) is 24.3 Å². The Morgan fingerprint density at radius 3 is 1.62 bits per heavy atom. The van der Waals surface area contributed by atoms with Gasteiger partial charge in [0, 0.05) is 13.3 Å². The molecule has 0 atom stereocenters. The highest BCUT2D eigenvalue weighted by molar-refractivity contribution is 4.93. The summed E-state index contributed by atoms with van der Waals surface area (Å²) in [5, 5.41) is 0. The number of alkyl halides is 6. The average molecular weight is 209 g/mol. The van der Waals surface area contributed by atoms with Gasteiger partial charge in [0.05, 0.1) is 0 Å². The van der Waals surface area contributed by atoms with E-state index in [4.69, 9.17) is 0 Å². The third-order valence-corrected chi connectivity index (χ3v) is 1.47. The van der Waals surface area contributed by atoms with Crippen molar-refractivity contribution in [2.45, 2.75) is 31.1 Å². The Kier molecular flexibility index (Phi) is 3.24. The summed E-state index contributed by atoms with van der Waals surface area (Å²) >= 11 is 0. The predicted octanol–water partition coefficient (Wildman–Crippen LogP) is 2.26. The van der Waals surface area contributed by atoms with Gasteiger partial charge in [-0.3, -0.25) is 0 Å². The van der Waals surface area contributed by atoms with Crippen molar-refractivity contribution in [2.75, 3.05) is 6.54 Å². The van der Waals surface area contributed by atoms with E-state index >= 15 is 0 Å². The van der Waals surface area contributed by atoms with E-state index in [1.165, 1.54) is 0 Å². The summed E-state index contributed by atoms with van der Waals surface area (Å²) in [6.07, 6.45) is -1.47. The molecule has 0 radical (unpaired) electrons. The average Bonchev–Trinajstić information content (AvgIpc) is 1.84. The Morgan fingerprint density at radius 1 is 1.00 bits per heavy atom. The Hall–Kier alpha value is -0.460. The van der Waals surface area contributed by atoms with E-state index in [-0.39, 0.29) is 6.92 Å². The molecule has 0 aromatic rings. The minimum absolute atomic E-state index is 0.253. The molecule has 0 amide bonds. The fourth-order valence-corrected chi connectivity index (χ4v) is 0.659. The van der Waals surface area contributed by atoms with Crippen LogP contribution >= 0.6 is 0 Å². The number of nitrogens with two attached hydrogens (primary N) is 1. The van der Waals surface area contributed by atoms with Gasteiger partial charge in [-0.1, -0.05) is 0 Å². The van der Waals surface area contributed by atoms with Crippen LogP contribution in [0.5, 0.6) is 0 Å². The van der Waals surface area contributed by atoms with Gasteiger partial charge < -0.3 is 5.73 Å². The van der Waals surface area contributed by atoms with Crippen molar-refractivity contribution >= 4 is 0 Å². The van der Waals surface area contributed by atoms with Crippen molar-refractivity contribution in [3.8, 4) is 0 Å². The first-order valence-corrected chi connectivity index (χ1v) is 3.40. The lowest BCUT2D eigenvalue weighted by atomic mass is 10.0. The quantitative estimate of drug-likeness (QED) is 0.706. The van der Waals surface area contributed by atoms with E-state index in [9.17, 15) is 26.3 Å². The number of rotatable bonds is 4. The van der Waals surface area contributed by atoms with Crippen LogP contribution in [0, 0.1) is 0 Å². The van der Waals surface area contributed by atoms with Crippen LogP contribution in [0.3, 0.4) is 0 Å². The van der Waals surface area contributed by atoms with Crippen LogP contribution in [0.4, 0.5) is 26.3 Å². The monoisotopic (exact) mass is 209 g/mol. The van der Waals surface area contributed by atoms with Gasteiger partial charge in [0.25, 0.3) is 0 Å². The van der Waals surface area contributed by atoms with E-state index in [0.29, 0.717) is 0 Å². The van der Waals surface area contributed by atoms with Gasteiger partial charge in [0.1, 0.15) is 0 Å². The van der Waals surface area contributed by atoms with Crippen LogP contribution in [0.2, 0.25) is 0 Å². The lowest BCUT2D eigenvalue weighted by Gasteiger charge is -2.30. The van der Waals surface area contributed by atoms with Crippen LogP contribution in [-0.2, 0) is 0 Å². The highest BCUT2D eigenvalue weighted by Gasteiger charge is 2.68. The molecular weight excluding hydrogens is 200 g/mol. The Balaban J connectivity index is 4.81. The maximum Gasteiger partial charge on any atom is 0.371 e. The SMILES string of the molecule is CC(F)(F)C(F)(F)C(F)(F)CCN. The summed E-state index contributed by atoms with van der Waals surface area (Å²) < 4.78 is 73.6. The zero-order valence-corrected chi connectivity index (χ0v) is 6.76. The molecule has 7 heteroatoms. The molecular formula is C6H9F6N. The molecule has 0 spiro atoms. The minimum atomic E-state index is -5.36. The molecule has 0 saturated heterocycles. The molecule has 0 aromatic heterocycles. The lowest BCUT2D eigenvalue weighted by molar-refractivity contribution is -0.303. The molecule has 0 aromatic carbocycles. The molecule has 0 aliphatic heterocycles. The third kappa shape index (κ3) is 2.26. The molecule has 1 nitrogen and oxygen atoms in total. The van der Waals surface area contributed by atoms with Crippen molar-refractivity contribution in [3.05, 3.63) is 0 Å². The molecule has 2 N–H and O–H groups in total. The van der Waals surface area contributed by atoms with Crippen molar-refractivity contribution in [1.29, 1.82) is 0 Å². The first-order valence-electron chi connectivity index (χ1n) is 3.40. The molecule has 0 heterocycles. The first kappa shape index (κ1) is 12.5. The van der Waals surface area contributed by atoms with Crippen LogP contribution < -0.4 is 5.73 Å². The molecule has 0 bridgehead atoms. The minimum Gasteiger partial charge on any atom is -0.330 e. The molecule has 0 saturated carbocycles. The zero-order valence-electron chi connectivity index (χ0n) is 6.76. The Bertz CT molecular complexity index is 172. The molecule has 0 unspecified atom stereocenters. The second kappa shape index (κ2) is 3.36. The van der Waals surface area contributed by atoms with Crippen LogP contribution in [0.1, 0.15) is 13.3 Å². The van der Waals surface area contributed by atoms with Gasteiger partial charge in [0.2, 0.25) is 0 Å². The van der Waals surface area contributed by atoms with E-state index in [1.54, 1.807) is 0 Å². The van der Waals surface area contributed by atoms with Crippen molar-refractivity contribution in [1.82, 2.24) is 0 Å². The van der Waals surface area contributed by atoms with Gasteiger partial charge in [-0.2, -0.15) is 26.3 Å². The summed E-state index contributed by atoms with van der Waals surface area (Å²) in [4.78, 5) is 0. The van der Waals surface area contributed by atoms with Gasteiger partial charge in [-0.15, -0.1) is 0 Å². The van der Waals surface area contributed by atoms with Gasteiger partial charge in [0.15, 0.2) is 0 Å². The summed E-state index contributed by atoms with van der Waals surface area (Å²) in [7, 11) is 0. The fourth-order valence-electron chi connectivity index (χ4n) is 0.659. The number of hydrogen-bond acceptors (Lipinski definition) is 1. The smallest absolute Gasteiger partial charge is 0.330 e. The summed E-state index contributed by atoms with van der Waals surface area (Å²) in [5.41, 5.74) is 4.60. The number of hydrogen-bond donors (Lipinski definition) is 1. The van der Waals surface area contributed by atoms with Gasteiger partial charge >= 0.3 is 17.8 Å². The second-order valence-electron chi connectivity index (χ2n) is 2.71. The summed E-state index contributed by atoms with van der Waals surface area (Å²) in [5.74, 6) is -14.9. The van der Waals surface area contributed by atoms with E-state index < -0.39 is 30.7 Å². The third-order valence-electron chi connectivity index (χ3n) is 1.47. The number of halogens is 6. The largest absolute Gasteiger partial charge is 0.371 e. The van der Waals surface area contributed by atoms with Crippen molar-refractivity contribution < 1.29 is 26.3 Å². The normalized spacial score (nSPS) is 14.8. The summed E-state index contributed by atoms with van der Waals surface area (Å²) in [6, 6.07) is 0. The maximum absolute atomic E-state index is 12.4. The predicted molar refractivity (Wildman–Crippen MR) is 34.2 cm³/mol. The Labute approximate surface area is 70.9 Å².